The molecule has 3 rings (SSSR count). The van der Waals surface area contributed by atoms with Crippen molar-refractivity contribution in [3.63, 3.8) is 0 Å². The van der Waals surface area contributed by atoms with Crippen LogP contribution in [0.2, 0.25) is 0 Å². The van der Waals surface area contributed by atoms with Gasteiger partial charge in [0, 0.05) is 22.8 Å². The zero-order chi connectivity index (χ0) is 16.9. The summed E-state index contributed by atoms with van der Waals surface area (Å²) in [6, 6.07) is 11.8. The molecule has 1 amide bonds. The van der Waals surface area contributed by atoms with Crippen LogP contribution in [0.5, 0.6) is 0 Å². The van der Waals surface area contributed by atoms with Crippen LogP contribution in [-0.4, -0.2) is 15.9 Å². The Kier molecular flexibility index (Phi) is 5.01. The van der Waals surface area contributed by atoms with Crippen molar-refractivity contribution in [2.24, 2.45) is 0 Å². The molecule has 0 unspecified atom stereocenters. The van der Waals surface area contributed by atoms with Crippen LogP contribution in [0.15, 0.2) is 48.8 Å². The van der Waals surface area contributed by atoms with Crippen LogP contribution >= 0.6 is 11.3 Å². The molecule has 2 heterocycles. The van der Waals surface area contributed by atoms with Crippen molar-refractivity contribution in [2.75, 3.05) is 5.32 Å². The molecule has 0 aliphatic carbocycles. The average molecular weight is 337 g/mol. The van der Waals surface area contributed by atoms with Crippen molar-refractivity contribution < 1.29 is 4.79 Å². The molecule has 0 saturated heterocycles. The van der Waals surface area contributed by atoms with Crippen molar-refractivity contribution in [2.45, 2.75) is 26.7 Å². The maximum atomic E-state index is 12.3. The number of nitrogens with zero attached hydrogens (tertiary/aromatic N) is 2. The van der Waals surface area contributed by atoms with Crippen LogP contribution in [0.4, 0.5) is 5.13 Å². The molecule has 1 aromatic carbocycles. The van der Waals surface area contributed by atoms with E-state index in [-0.39, 0.29) is 5.91 Å². The Bertz CT molecular complexity index is 826. The van der Waals surface area contributed by atoms with Gasteiger partial charge in [0.05, 0.1) is 11.3 Å². The largest absolute Gasteiger partial charge is 0.298 e. The van der Waals surface area contributed by atoms with Crippen molar-refractivity contribution in [3.05, 3.63) is 64.8 Å². The van der Waals surface area contributed by atoms with E-state index < -0.39 is 0 Å². The first-order chi connectivity index (χ1) is 11.7. The summed E-state index contributed by atoms with van der Waals surface area (Å²) < 4.78 is 0. The van der Waals surface area contributed by atoms with Crippen LogP contribution in [0.1, 0.15) is 34.1 Å². The molecule has 4 nitrogen and oxygen atoms in total. The van der Waals surface area contributed by atoms with E-state index in [2.05, 4.69) is 53.4 Å². The van der Waals surface area contributed by atoms with Gasteiger partial charge in [-0.2, -0.15) is 0 Å². The second-order valence-corrected chi connectivity index (χ2v) is 6.69. The summed E-state index contributed by atoms with van der Waals surface area (Å²) in [6.45, 7) is 4.21. The van der Waals surface area contributed by atoms with Gasteiger partial charge in [-0.25, -0.2) is 4.98 Å². The number of aryl methyl sites for hydroxylation is 2. The fourth-order valence-electron chi connectivity index (χ4n) is 2.41. The lowest BCUT2D eigenvalue weighted by atomic mass is 10.1. The number of anilines is 1. The minimum absolute atomic E-state index is 0.185. The molecule has 122 valence electrons. The minimum Gasteiger partial charge on any atom is -0.298 e. The summed E-state index contributed by atoms with van der Waals surface area (Å²) >= 11 is 1.54. The van der Waals surface area contributed by atoms with Gasteiger partial charge in [-0.3, -0.25) is 15.1 Å². The van der Waals surface area contributed by atoms with Gasteiger partial charge in [0.25, 0.3) is 5.91 Å². The average Bonchev–Trinajstić information content (AvgIpc) is 2.99. The highest BCUT2D eigenvalue weighted by molar-refractivity contribution is 7.16. The molecule has 3 aromatic rings. The van der Waals surface area contributed by atoms with Crippen molar-refractivity contribution in [1.29, 1.82) is 0 Å². The molecule has 0 bridgehead atoms. The van der Waals surface area contributed by atoms with E-state index in [1.54, 1.807) is 35.9 Å². The highest BCUT2D eigenvalue weighted by Gasteiger charge is 2.15. The van der Waals surface area contributed by atoms with E-state index in [1.807, 2.05) is 0 Å². The van der Waals surface area contributed by atoms with Gasteiger partial charge in [0.15, 0.2) is 5.13 Å². The van der Waals surface area contributed by atoms with Crippen LogP contribution < -0.4 is 5.32 Å². The Balaban J connectivity index is 1.88. The second kappa shape index (κ2) is 7.36. The lowest BCUT2D eigenvalue weighted by Gasteiger charge is -2.01. The summed E-state index contributed by atoms with van der Waals surface area (Å²) in [5.41, 5.74) is 3.79. The quantitative estimate of drug-likeness (QED) is 0.733. The van der Waals surface area contributed by atoms with Crippen LogP contribution in [0, 0.1) is 6.92 Å². The number of thiazole rings is 1. The van der Waals surface area contributed by atoms with Gasteiger partial charge in [0.2, 0.25) is 0 Å². The lowest BCUT2D eigenvalue weighted by Crippen LogP contribution is -2.11. The van der Waals surface area contributed by atoms with Crippen molar-refractivity contribution in [1.82, 2.24) is 9.97 Å². The van der Waals surface area contributed by atoms with E-state index in [4.69, 9.17) is 0 Å². The number of carbonyl (C=O) groups is 1. The number of pyridine rings is 1. The molecule has 0 atom stereocenters. The maximum absolute atomic E-state index is 12.3. The Labute approximate surface area is 145 Å². The highest BCUT2D eigenvalue weighted by atomic mass is 32.1. The maximum Gasteiger partial charge on any atom is 0.259 e. The standard InChI is InChI=1S/C19H19N3OS/c1-3-5-16-17(14-9-7-13(2)8-10-14)21-19(24-16)22-18(23)15-6-4-11-20-12-15/h4,6-12H,3,5H2,1-2H3,(H,21,22,23). The third kappa shape index (κ3) is 3.68. The molecular weight excluding hydrogens is 318 g/mol. The molecule has 0 aliphatic heterocycles. The van der Waals surface area contributed by atoms with Gasteiger partial charge in [-0.1, -0.05) is 43.2 Å². The number of hydrogen-bond donors (Lipinski definition) is 1. The minimum atomic E-state index is -0.185. The number of hydrogen-bond acceptors (Lipinski definition) is 4. The molecule has 2 aromatic heterocycles. The van der Waals surface area contributed by atoms with Gasteiger partial charge in [0.1, 0.15) is 0 Å². The molecule has 24 heavy (non-hydrogen) atoms. The molecule has 0 saturated carbocycles. The Morgan fingerprint density at radius 2 is 2.00 bits per heavy atom. The van der Waals surface area contributed by atoms with E-state index >= 15 is 0 Å². The first-order valence-electron chi connectivity index (χ1n) is 7.95. The monoisotopic (exact) mass is 337 g/mol. The fraction of sp³-hybridized carbons (Fsp3) is 0.211. The van der Waals surface area contributed by atoms with Gasteiger partial charge < -0.3 is 0 Å². The Morgan fingerprint density at radius 3 is 2.67 bits per heavy atom. The van der Waals surface area contributed by atoms with Gasteiger partial charge in [-0.05, 0) is 25.5 Å². The third-order valence-electron chi connectivity index (χ3n) is 3.64. The van der Waals surface area contributed by atoms with Crippen molar-refractivity contribution in [3.8, 4) is 11.3 Å². The number of carbonyl (C=O) groups excluding carboxylic acids is 1. The number of rotatable bonds is 5. The molecule has 0 spiro atoms. The first-order valence-corrected chi connectivity index (χ1v) is 8.77. The lowest BCUT2D eigenvalue weighted by molar-refractivity contribution is 0.102. The third-order valence-corrected chi connectivity index (χ3v) is 4.67. The van der Waals surface area contributed by atoms with Crippen molar-refractivity contribution >= 4 is 22.4 Å². The number of aromatic nitrogens is 2. The highest BCUT2D eigenvalue weighted by Crippen LogP contribution is 2.32. The summed E-state index contributed by atoms with van der Waals surface area (Å²) in [6.07, 6.45) is 5.19. The van der Waals surface area contributed by atoms with Crippen LogP contribution in [0.25, 0.3) is 11.3 Å². The molecule has 0 radical (unpaired) electrons. The molecule has 1 N–H and O–H groups in total. The smallest absolute Gasteiger partial charge is 0.259 e. The zero-order valence-corrected chi connectivity index (χ0v) is 14.6. The summed E-state index contributed by atoms with van der Waals surface area (Å²) in [7, 11) is 0. The molecule has 0 aliphatic rings. The molecule has 5 heteroatoms. The summed E-state index contributed by atoms with van der Waals surface area (Å²) in [4.78, 5) is 22.1. The van der Waals surface area contributed by atoms with E-state index in [0.717, 1.165) is 24.1 Å². The zero-order valence-electron chi connectivity index (χ0n) is 13.7. The molecule has 0 fully saturated rings. The second-order valence-electron chi connectivity index (χ2n) is 5.60. The predicted molar refractivity (Wildman–Crippen MR) is 98.5 cm³/mol. The van der Waals surface area contributed by atoms with Gasteiger partial charge >= 0.3 is 0 Å². The number of nitrogens with one attached hydrogen (secondary N) is 1. The van der Waals surface area contributed by atoms with Crippen LogP contribution in [-0.2, 0) is 6.42 Å². The number of benzene rings is 1. The van der Waals surface area contributed by atoms with E-state index in [9.17, 15) is 4.79 Å². The number of amides is 1. The van der Waals surface area contributed by atoms with Gasteiger partial charge in [-0.15, -0.1) is 11.3 Å². The van der Waals surface area contributed by atoms with E-state index in [1.165, 1.54) is 10.4 Å². The Hall–Kier alpha value is -2.53. The summed E-state index contributed by atoms with van der Waals surface area (Å²) in [5, 5.41) is 3.51. The SMILES string of the molecule is CCCc1sc(NC(=O)c2cccnc2)nc1-c1ccc(C)cc1. The predicted octanol–water partition coefficient (Wildman–Crippen LogP) is 4.72. The fourth-order valence-corrected chi connectivity index (χ4v) is 3.49. The first kappa shape index (κ1) is 16.3. The normalized spacial score (nSPS) is 10.6. The molecular formula is C19H19N3OS. The van der Waals surface area contributed by atoms with Crippen LogP contribution in [0.3, 0.4) is 0 Å². The van der Waals surface area contributed by atoms with E-state index in [0.29, 0.717) is 10.7 Å². The topological polar surface area (TPSA) is 54.9 Å². The Morgan fingerprint density at radius 1 is 1.21 bits per heavy atom. The summed E-state index contributed by atoms with van der Waals surface area (Å²) in [5.74, 6) is -0.185.